The summed E-state index contributed by atoms with van der Waals surface area (Å²) >= 11 is 3.20. The molecule has 2 aromatic rings. The van der Waals surface area contributed by atoms with Crippen LogP contribution >= 0.6 is 23.1 Å². The van der Waals surface area contributed by atoms with Crippen LogP contribution in [0.25, 0.3) is 10.2 Å². The lowest BCUT2D eigenvalue weighted by Crippen LogP contribution is -2.50. The predicted octanol–water partition coefficient (Wildman–Crippen LogP) is 3.41. The van der Waals surface area contributed by atoms with Crippen molar-refractivity contribution in [3.63, 3.8) is 0 Å². The van der Waals surface area contributed by atoms with Crippen molar-refractivity contribution in [3.8, 4) is 0 Å². The number of carbonyl (C=O) groups is 1. The van der Waals surface area contributed by atoms with Gasteiger partial charge in [0.1, 0.15) is 0 Å². The van der Waals surface area contributed by atoms with Crippen molar-refractivity contribution >= 4 is 39.2 Å². The average molecular weight is 336 g/mol. The molecule has 22 heavy (non-hydrogen) atoms. The Hall–Kier alpha value is -1.11. The highest BCUT2D eigenvalue weighted by Gasteiger charge is 2.29. The molecule has 1 aromatic carbocycles. The van der Waals surface area contributed by atoms with Gasteiger partial charge in [0, 0.05) is 13.1 Å². The third-order valence-electron chi connectivity index (χ3n) is 3.63. The lowest BCUT2D eigenvalue weighted by Gasteiger charge is -2.36. The van der Waals surface area contributed by atoms with E-state index < -0.39 is 0 Å². The first kappa shape index (κ1) is 15.8. The molecular weight excluding hydrogens is 316 g/mol. The molecule has 1 saturated heterocycles. The first-order chi connectivity index (χ1) is 10.5. The summed E-state index contributed by atoms with van der Waals surface area (Å²) in [4.78, 5) is 19.2. The molecule has 0 unspecified atom stereocenters. The van der Waals surface area contributed by atoms with Gasteiger partial charge >= 0.3 is 0 Å². The zero-order chi connectivity index (χ0) is 15.7. The van der Waals surface area contributed by atoms with Crippen molar-refractivity contribution in [2.75, 3.05) is 13.1 Å². The van der Waals surface area contributed by atoms with E-state index in [1.807, 2.05) is 43.9 Å². The Kier molecular flexibility index (Phi) is 4.70. The molecule has 1 fully saturated rings. The van der Waals surface area contributed by atoms with Gasteiger partial charge in [-0.25, -0.2) is 4.98 Å². The van der Waals surface area contributed by atoms with E-state index in [2.05, 4.69) is 11.1 Å². The first-order valence-electron chi connectivity index (χ1n) is 7.49. The lowest BCUT2D eigenvalue weighted by molar-refractivity contribution is -0.142. The summed E-state index contributed by atoms with van der Waals surface area (Å²) in [6.45, 7) is 7.34. The van der Waals surface area contributed by atoms with E-state index in [9.17, 15) is 4.79 Å². The normalized spacial score (nSPS) is 23.7. The highest BCUT2D eigenvalue weighted by molar-refractivity contribution is 8.02. The van der Waals surface area contributed by atoms with Crippen molar-refractivity contribution in [1.29, 1.82) is 0 Å². The van der Waals surface area contributed by atoms with Gasteiger partial charge in [-0.15, -0.1) is 11.3 Å². The van der Waals surface area contributed by atoms with Gasteiger partial charge < -0.3 is 9.64 Å². The van der Waals surface area contributed by atoms with Crippen molar-refractivity contribution in [3.05, 3.63) is 24.3 Å². The quantitative estimate of drug-likeness (QED) is 0.806. The maximum atomic E-state index is 12.6. The van der Waals surface area contributed by atoms with Crippen LogP contribution in [0.3, 0.4) is 0 Å². The van der Waals surface area contributed by atoms with Crippen molar-refractivity contribution in [1.82, 2.24) is 9.88 Å². The highest BCUT2D eigenvalue weighted by atomic mass is 32.2. The number of nitrogens with zero attached hydrogens (tertiary/aromatic N) is 2. The van der Waals surface area contributed by atoms with Gasteiger partial charge in [0.25, 0.3) is 0 Å². The molecule has 0 N–H and O–H groups in total. The Morgan fingerprint density at radius 3 is 2.73 bits per heavy atom. The number of morpholine rings is 1. The fourth-order valence-corrected chi connectivity index (χ4v) is 5.01. The smallest absolute Gasteiger partial charge is 0.236 e. The Labute approximate surface area is 138 Å². The molecular formula is C16H20N2O2S2. The third kappa shape index (κ3) is 3.45. The van der Waals surface area contributed by atoms with Crippen LogP contribution in [0.5, 0.6) is 0 Å². The molecule has 6 heteroatoms. The Balaban J connectivity index is 1.68. The van der Waals surface area contributed by atoms with Gasteiger partial charge in [-0.05, 0) is 32.9 Å². The standard InChI is InChI=1S/C16H20N2O2S2/c1-10-8-18(9-11(2)20-10)15(19)12(3)21-16-17-13-6-4-5-7-14(13)22-16/h4-7,10-12H,8-9H2,1-3H3/t10-,11-,12+/m0/s1. The van der Waals surface area contributed by atoms with Crippen LogP contribution in [-0.4, -0.2) is 46.3 Å². The number of rotatable bonds is 3. The molecule has 118 valence electrons. The van der Waals surface area contributed by atoms with E-state index >= 15 is 0 Å². The molecule has 0 aliphatic carbocycles. The largest absolute Gasteiger partial charge is 0.372 e. The number of carbonyl (C=O) groups excluding carboxylic acids is 1. The molecule has 3 rings (SSSR count). The molecule has 0 saturated carbocycles. The second-order valence-corrected chi connectivity index (χ2v) is 8.33. The van der Waals surface area contributed by atoms with E-state index in [4.69, 9.17) is 4.74 Å². The van der Waals surface area contributed by atoms with E-state index in [-0.39, 0.29) is 23.4 Å². The number of amides is 1. The predicted molar refractivity (Wildman–Crippen MR) is 91.5 cm³/mol. The minimum absolute atomic E-state index is 0.104. The summed E-state index contributed by atoms with van der Waals surface area (Å²) in [7, 11) is 0. The van der Waals surface area contributed by atoms with Gasteiger partial charge in [0.15, 0.2) is 4.34 Å². The SMILES string of the molecule is C[C@H]1CN(C(=O)[C@@H](C)Sc2nc3ccccc3s2)C[C@H](C)O1. The van der Waals surface area contributed by atoms with E-state index in [0.29, 0.717) is 13.1 Å². The van der Waals surface area contributed by atoms with Crippen LogP contribution in [0.4, 0.5) is 0 Å². The second-order valence-electron chi connectivity index (χ2n) is 5.71. The van der Waals surface area contributed by atoms with Crippen LogP contribution in [0, 0.1) is 0 Å². The molecule has 1 aliphatic heterocycles. The number of hydrogen-bond donors (Lipinski definition) is 0. The number of aromatic nitrogens is 1. The number of benzene rings is 1. The summed E-state index contributed by atoms with van der Waals surface area (Å²) in [5.41, 5.74) is 1.00. The summed E-state index contributed by atoms with van der Waals surface area (Å²) in [5.74, 6) is 0.172. The monoisotopic (exact) mass is 336 g/mol. The number of para-hydroxylation sites is 1. The number of thioether (sulfide) groups is 1. The fourth-order valence-electron chi connectivity index (χ4n) is 2.72. The highest BCUT2D eigenvalue weighted by Crippen LogP contribution is 2.32. The van der Waals surface area contributed by atoms with Gasteiger partial charge in [0.05, 0.1) is 27.7 Å². The van der Waals surface area contributed by atoms with Crippen molar-refractivity contribution in [2.24, 2.45) is 0 Å². The number of fused-ring (bicyclic) bond motifs is 1. The maximum Gasteiger partial charge on any atom is 0.236 e. The molecule has 2 heterocycles. The number of thiazole rings is 1. The molecule has 1 aliphatic rings. The van der Waals surface area contributed by atoms with Gasteiger partial charge in [-0.3, -0.25) is 4.79 Å². The third-order valence-corrected chi connectivity index (χ3v) is 5.85. The lowest BCUT2D eigenvalue weighted by atomic mass is 10.2. The molecule has 0 bridgehead atoms. The van der Waals surface area contributed by atoms with Crippen LogP contribution in [-0.2, 0) is 9.53 Å². The Morgan fingerprint density at radius 2 is 2.05 bits per heavy atom. The Morgan fingerprint density at radius 1 is 1.36 bits per heavy atom. The summed E-state index contributed by atoms with van der Waals surface area (Å²) in [6.07, 6.45) is 0.208. The van der Waals surface area contributed by atoms with E-state index in [1.54, 1.807) is 23.1 Å². The van der Waals surface area contributed by atoms with Gasteiger partial charge in [0.2, 0.25) is 5.91 Å². The maximum absolute atomic E-state index is 12.6. The molecule has 0 spiro atoms. The van der Waals surface area contributed by atoms with Crippen LogP contribution in [0.15, 0.2) is 28.6 Å². The summed E-state index contributed by atoms with van der Waals surface area (Å²) in [5, 5.41) is -0.127. The van der Waals surface area contributed by atoms with Gasteiger partial charge in [-0.1, -0.05) is 23.9 Å². The fraction of sp³-hybridized carbons (Fsp3) is 0.500. The first-order valence-corrected chi connectivity index (χ1v) is 9.19. The van der Waals surface area contributed by atoms with Gasteiger partial charge in [-0.2, -0.15) is 0 Å². The second kappa shape index (κ2) is 6.56. The molecule has 1 amide bonds. The van der Waals surface area contributed by atoms with Crippen molar-refractivity contribution in [2.45, 2.75) is 42.6 Å². The van der Waals surface area contributed by atoms with E-state index in [0.717, 1.165) is 9.86 Å². The van der Waals surface area contributed by atoms with Crippen LogP contribution < -0.4 is 0 Å². The average Bonchev–Trinajstić information content (AvgIpc) is 2.87. The number of ether oxygens (including phenoxy) is 1. The molecule has 0 radical (unpaired) electrons. The van der Waals surface area contributed by atoms with Crippen LogP contribution in [0.2, 0.25) is 0 Å². The molecule has 4 nitrogen and oxygen atoms in total. The van der Waals surface area contributed by atoms with Crippen molar-refractivity contribution < 1.29 is 9.53 Å². The molecule has 1 aromatic heterocycles. The minimum Gasteiger partial charge on any atom is -0.372 e. The summed E-state index contributed by atoms with van der Waals surface area (Å²) in [6, 6.07) is 8.07. The minimum atomic E-state index is -0.127. The molecule has 3 atom stereocenters. The Bertz CT molecular complexity index is 630. The number of hydrogen-bond acceptors (Lipinski definition) is 5. The van der Waals surface area contributed by atoms with E-state index in [1.165, 1.54) is 4.70 Å². The zero-order valence-electron chi connectivity index (χ0n) is 13.0. The topological polar surface area (TPSA) is 42.4 Å². The van der Waals surface area contributed by atoms with Crippen LogP contribution in [0.1, 0.15) is 20.8 Å². The zero-order valence-corrected chi connectivity index (χ0v) is 14.6. The summed E-state index contributed by atoms with van der Waals surface area (Å²) < 4.78 is 7.81.